The summed E-state index contributed by atoms with van der Waals surface area (Å²) in [6.45, 7) is 5.37. The van der Waals surface area contributed by atoms with Gasteiger partial charge in [-0.2, -0.15) is 0 Å². The monoisotopic (exact) mass is 284 g/mol. The average Bonchev–Trinajstić information content (AvgIpc) is 2.83. The quantitative estimate of drug-likeness (QED) is 0.869. The van der Waals surface area contributed by atoms with E-state index in [9.17, 15) is 0 Å². The molecule has 0 amide bonds. The van der Waals surface area contributed by atoms with Crippen molar-refractivity contribution >= 4 is 10.9 Å². The van der Waals surface area contributed by atoms with E-state index in [0.717, 1.165) is 12.5 Å². The van der Waals surface area contributed by atoms with Gasteiger partial charge >= 0.3 is 0 Å². The largest absolute Gasteiger partial charge is 0.341 e. The van der Waals surface area contributed by atoms with E-state index in [2.05, 4.69) is 48.7 Å². The first-order valence-electron chi connectivity index (χ1n) is 8.51. The Balaban J connectivity index is 1.99. The second kappa shape index (κ2) is 6.23. The summed E-state index contributed by atoms with van der Waals surface area (Å²) in [5.74, 6) is 1.51. The van der Waals surface area contributed by atoms with Crippen molar-refractivity contribution < 1.29 is 0 Å². The number of aryl methyl sites for hydroxylation is 1. The first-order chi connectivity index (χ1) is 10.2. The van der Waals surface area contributed by atoms with Crippen LogP contribution < -0.4 is 5.73 Å². The van der Waals surface area contributed by atoms with Crippen LogP contribution in [-0.4, -0.2) is 11.1 Å². The van der Waals surface area contributed by atoms with Gasteiger partial charge < -0.3 is 10.3 Å². The fourth-order valence-electron chi connectivity index (χ4n) is 4.31. The number of aromatic nitrogens is 1. The molecule has 2 aromatic rings. The molecule has 3 atom stereocenters. The molecule has 1 aliphatic rings. The minimum Gasteiger partial charge on any atom is -0.341 e. The van der Waals surface area contributed by atoms with E-state index in [-0.39, 0.29) is 0 Å². The lowest BCUT2D eigenvalue weighted by Gasteiger charge is -2.38. The standard InChI is InChI=1S/C19H28N2/c1-3-6-15-9-10-17(13-20)19(12-15)21-14(2)11-16-7-4-5-8-18(16)21/h4-5,7-8,11,15,17,19H,3,6,9-10,12-13,20H2,1-2H3. The normalized spacial score (nSPS) is 26.3. The lowest BCUT2D eigenvalue weighted by atomic mass is 9.76. The lowest BCUT2D eigenvalue weighted by Crippen LogP contribution is -2.32. The molecule has 0 radical (unpaired) electrons. The molecule has 1 saturated carbocycles. The average molecular weight is 284 g/mol. The number of nitrogens with two attached hydrogens (primary N) is 1. The van der Waals surface area contributed by atoms with E-state index in [1.165, 1.54) is 48.7 Å². The van der Waals surface area contributed by atoms with Crippen LogP contribution in [0.3, 0.4) is 0 Å². The number of hydrogen-bond donors (Lipinski definition) is 1. The van der Waals surface area contributed by atoms with E-state index < -0.39 is 0 Å². The van der Waals surface area contributed by atoms with Gasteiger partial charge in [-0.15, -0.1) is 0 Å². The Bertz CT molecular complexity index is 599. The second-order valence-corrected chi connectivity index (χ2v) is 6.75. The van der Waals surface area contributed by atoms with Crippen molar-refractivity contribution in [3.8, 4) is 0 Å². The van der Waals surface area contributed by atoms with Gasteiger partial charge in [-0.05, 0) is 62.1 Å². The Hall–Kier alpha value is -1.28. The highest BCUT2D eigenvalue weighted by atomic mass is 15.0. The molecule has 2 nitrogen and oxygen atoms in total. The third-order valence-electron chi connectivity index (χ3n) is 5.34. The van der Waals surface area contributed by atoms with Gasteiger partial charge in [0.2, 0.25) is 0 Å². The van der Waals surface area contributed by atoms with Gasteiger partial charge in [-0.25, -0.2) is 0 Å². The maximum Gasteiger partial charge on any atom is 0.0485 e. The highest BCUT2D eigenvalue weighted by Crippen LogP contribution is 2.41. The van der Waals surface area contributed by atoms with Gasteiger partial charge in [-0.3, -0.25) is 0 Å². The molecule has 1 fully saturated rings. The van der Waals surface area contributed by atoms with Gasteiger partial charge in [0.05, 0.1) is 0 Å². The van der Waals surface area contributed by atoms with E-state index in [1.807, 2.05) is 0 Å². The zero-order chi connectivity index (χ0) is 14.8. The molecule has 1 aromatic carbocycles. The molecule has 0 spiro atoms. The minimum atomic E-state index is 0.584. The molecule has 1 aromatic heterocycles. The molecular weight excluding hydrogens is 256 g/mol. The van der Waals surface area contributed by atoms with E-state index in [1.54, 1.807) is 0 Å². The predicted octanol–water partition coefficient (Wildman–Crippen LogP) is 4.67. The molecule has 0 aliphatic heterocycles. The molecular formula is C19H28N2. The van der Waals surface area contributed by atoms with Gasteiger partial charge in [0, 0.05) is 17.3 Å². The van der Waals surface area contributed by atoms with Crippen LogP contribution in [0.1, 0.15) is 50.8 Å². The van der Waals surface area contributed by atoms with E-state index >= 15 is 0 Å². The summed E-state index contributed by atoms with van der Waals surface area (Å²) in [6, 6.07) is 11.7. The zero-order valence-electron chi connectivity index (χ0n) is 13.4. The number of nitrogens with zero attached hydrogens (tertiary/aromatic N) is 1. The van der Waals surface area contributed by atoms with E-state index in [4.69, 9.17) is 5.73 Å². The maximum absolute atomic E-state index is 6.10. The molecule has 114 valence electrons. The Morgan fingerprint density at radius 1 is 1.24 bits per heavy atom. The van der Waals surface area contributed by atoms with Crippen molar-refractivity contribution in [1.29, 1.82) is 0 Å². The number of benzene rings is 1. The predicted molar refractivity (Wildman–Crippen MR) is 90.5 cm³/mol. The van der Waals surface area contributed by atoms with Crippen LogP contribution in [0, 0.1) is 18.8 Å². The molecule has 21 heavy (non-hydrogen) atoms. The van der Waals surface area contributed by atoms with Gasteiger partial charge in [-0.1, -0.05) is 38.0 Å². The van der Waals surface area contributed by atoms with E-state index in [0.29, 0.717) is 12.0 Å². The third-order valence-corrected chi connectivity index (χ3v) is 5.34. The first-order valence-corrected chi connectivity index (χ1v) is 8.51. The number of fused-ring (bicyclic) bond motifs is 1. The maximum atomic E-state index is 6.10. The SMILES string of the molecule is CCCC1CCC(CN)C(n2c(C)cc3ccccc32)C1. The van der Waals surface area contributed by atoms with Crippen LogP contribution in [-0.2, 0) is 0 Å². The van der Waals surface area contributed by atoms with Crippen molar-refractivity contribution in [2.75, 3.05) is 6.54 Å². The van der Waals surface area contributed by atoms with Gasteiger partial charge in [0.1, 0.15) is 0 Å². The molecule has 0 saturated heterocycles. The van der Waals surface area contributed by atoms with Crippen molar-refractivity contribution in [2.45, 2.75) is 52.0 Å². The number of hydrogen-bond acceptors (Lipinski definition) is 1. The second-order valence-electron chi connectivity index (χ2n) is 6.75. The van der Waals surface area contributed by atoms with Crippen LogP contribution in [0.25, 0.3) is 10.9 Å². The van der Waals surface area contributed by atoms with Crippen LogP contribution in [0.4, 0.5) is 0 Å². The molecule has 3 unspecified atom stereocenters. The van der Waals surface area contributed by atoms with Crippen molar-refractivity contribution in [1.82, 2.24) is 4.57 Å². The number of para-hydroxylation sites is 1. The Labute approximate surface area is 128 Å². The fourth-order valence-corrected chi connectivity index (χ4v) is 4.31. The summed E-state index contributed by atoms with van der Waals surface area (Å²) < 4.78 is 2.58. The molecule has 1 aliphatic carbocycles. The summed E-state index contributed by atoms with van der Waals surface area (Å²) >= 11 is 0. The van der Waals surface area contributed by atoms with Crippen molar-refractivity contribution in [3.05, 3.63) is 36.0 Å². The van der Waals surface area contributed by atoms with Gasteiger partial charge in [0.15, 0.2) is 0 Å². The highest BCUT2D eigenvalue weighted by Gasteiger charge is 2.31. The Morgan fingerprint density at radius 2 is 2.05 bits per heavy atom. The highest BCUT2D eigenvalue weighted by molar-refractivity contribution is 5.81. The molecule has 3 rings (SSSR count). The summed E-state index contributed by atoms with van der Waals surface area (Å²) in [5, 5.41) is 1.36. The molecule has 1 heterocycles. The van der Waals surface area contributed by atoms with Gasteiger partial charge in [0.25, 0.3) is 0 Å². The van der Waals surface area contributed by atoms with Crippen LogP contribution in [0.15, 0.2) is 30.3 Å². The molecule has 0 bridgehead atoms. The first kappa shape index (κ1) is 14.6. The smallest absolute Gasteiger partial charge is 0.0485 e. The Kier molecular flexibility index (Phi) is 4.34. The van der Waals surface area contributed by atoms with Crippen molar-refractivity contribution in [3.63, 3.8) is 0 Å². The van der Waals surface area contributed by atoms with Crippen LogP contribution in [0.5, 0.6) is 0 Å². The van der Waals surface area contributed by atoms with Crippen LogP contribution in [0.2, 0.25) is 0 Å². The number of rotatable bonds is 4. The Morgan fingerprint density at radius 3 is 2.81 bits per heavy atom. The summed E-state index contributed by atoms with van der Waals surface area (Å²) in [5.41, 5.74) is 8.87. The summed E-state index contributed by atoms with van der Waals surface area (Å²) in [4.78, 5) is 0. The lowest BCUT2D eigenvalue weighted by molar-refractivity contribution is 0.182. The van der Waals surface area contributed by atoms with Crippen LogP contribution >= 0.6 is 0 Å². The molecule has 2 heteroatoms. The summed E-state index contributed by atoms with van der Waals surface area (Å²) in [7, 11) is 0. The third kappa shape index (κ3) is 2.74. The topological polar surface area (TPSA) is 30.9 Å². The van der Waals surface area contributed by atoms with Crippen molar-refractivity contribution in [2.24, 2.45) is 17.6 Å². The fraction of sp³-hybridized carbons (Fsp3) is 0.579. The molecule has 2 N–H and O–H groups in total. The minimum absolute atomic E-state index is 0.584. The summed E-state index contributed by atoms with van der Waals surface area (Å²) in [6.07, 6.45) is 6.62. The zero-order valence-corrected chi connectivity index (χ0v) is 13.4.